The minimum atomic E-state index is 0.289. The van der Waals surface area contributed by atoms with Crippen LogP contribution in [0.1, 0.15) is 60.7 Å². The number of rotatable bonds is 2. The lowest BCUT2D eigenvalue weighted by Crippen LogP contribution is -2.21. The number of aryl methyl sites for hydroxylation is 1. The molecule has 0 aromatic carbocycles. The van der Waals surface area contributed by atoms with Crippen LogP contribution in [0.25, 0.3) is 0 Å². The normalized spacial score (nSPS) is 21.4. The molecule has 0 saturated heterocycles. The van der Waals surface area contributed by atoms with E-state index in [1.165, 1.54) is 54.7 Å². The minimum Gasteiger partial charge on any atom is -0.323 e. The van der Waals surface area contributed by atoms with Crippen LogP contribution in [0.15, 0.2) is 12.1 Å². The molecule has 1 aromatic heterocycles. The molecule has 0 aliphatic heterocycles. The molecule has 1 aliphatic carbocycles. The molecule has 1 aliphatic rings. The second-order valence-corrected chi connectivity index (χ2v) is 6.40. The van der Waals surface area contributed by atoms with Crippen LogP contribution in [-0.2, 0) is 0 Å². The van der Waals surface area contributed by atoms with Crippen molar-refractivity contribution >= 4 is 11.3 Å². The van der Waals surface area contributed by atoms with Gasteiger partial charge in [0.2, 0.25) is 0 Å². The zero-order chi connectivity index (χ0) is 11.4. The zero-order valence-electron chi connectivity index (χ0n) is 10.2. The molecule has 1 aromatic rings. The van der Waals surface area contributed by atoms with Gasteiger partial charge in [-0.3, -0.25) is 0 Å². The lowest BCUT2D eigenvalue weighted by molar-refractivity contribution is 0.330. The van der Waals surface area contributed by atoms with Gasteiger partial charge in [0.1, 0.15) is 0 Å². The largest absolute Gasteiger partial charge is 0.323 e. The Morgan fingerprint density at radius 1 is 1.12 bits per heavy atom. The highest BCUT2D eigenvalue weighted by Crippen LogP contribution is 2.34. The first-order chi connectivity index (χ1) is 7.77. The molecule has 0 radical (unpaired) electrons. The summed E-state index contributed by atoms with van der Waals surface area (Å²) in [5.41, 5.74) is 6.41. The smallest absolute Gasteiger partial charge is 0.0418 e. The number of thiophene rings is 1. The summed E-state index contributed by atoms with van der Waals surface area (Å²) in [6.45, 7) is 2.17. The summed E-state index contributed by atoms with van der Waals surface area (Å²) in [5.74, 6) is 0.721. The average Bonchev–Trinajstić information content (AvgIpc) is 2.63. The van der Waals surface area contributed by atoms with E-state index in [4.69, 9.17) is 5.73 Å². The van der Waals surface area contributed by atoms with Gasteiger partial charge in [0.25, 0.3) is 0 Å². The van der Waals surface area contributed by atoms with Crippen LogP contribution in [-0.4, -0.2) is 0 Å². The van der Waals surface area contributed by atoms with Gasteiger partial charge in [-0.15, -0.1) is 11.3 Å². The van der Waals surface area contributed by atoms with Gasteiger partial charge in [-0.1, -0.05) is 32.1 Å². The minimum absolute atomic E-state index is 0.289. The quantitative estimate of drug-likeness (QED) is 0.809. The molecule has 2 N–H and O–H groups in total. The third kappa shape index (κ3) is 3.08. The second kappa shape index (κ2) is 5.83. The highest BCUT2D eigenvalue weighted by molar-refractivity contribution is 7.12. The van der Waals surface area contributed by atoms with E-state index in [1.54, 1.807) is 0 Å². The summed E-state index contributed by atoms with van der Waals surface area (Å²) in [4.78, 5) is 2.78. The van der Waals surface area contributed by atoms with Crippen LogP contribution in [0.5, 0.6) is 0 Å². The first-order valence-electron chi connectivity index (χ1n) is 6.59. The van der Waals surface area contributed by atoms with Gasteiger partial charge in [0, 0.05) is 15.8 Å². The van der Waals surface area contributed by atoms with E-state index in [9.17, 15) is 0 Å². The van der Waals surface area contributed by atoms with Gasteiger partial charge in [0.05, 0.1) is 0 Å². The molecule has 16 heavy (non-hydrogen) atoms. The third-order valence-electron chi connectivity index (χ3n) is 3.75. The Morgan fingerprint density at radius 3 is 2.31 bits per heavy atom. The van der Waals surface area contributed by atoms with Crippen LogP contribution in [0, 0.1) is 12.8 Å². The average molecular weight is 237 g/mol. The fourth-order valence-corrected chi connectivity index (χ4v) is 3.68. The fraction of sp³-hybridized carbons (Fsp3) is 0.714. The molecule has 1 heterocycles. The zero-order valence-corrected chi connectivity index (χ0v) is 11.1. The Morgan fingerprint density at radius 2 is 1.75 bits per heavy atom. The maximum absolute atomic E-state index is 6.41. The van der Waals surface area contributed by atoms with Crippen molar-refractivity contribution in [2.75, 3.05) is 0 Å². The molecule has 0 spiro atoms. The van der Waals surface area contributed by atoms with Gasteiger partial charge >= 0.3 is 0 Å². The SMILES string of the molecule is Cc1ccc(C(N)C2CCCCCCC2)s1. The molecular weight excluding hydrogens is 214 g/mol. The molecule has 1 unspecified atom stereocenters. The van der Waals surface area contributed by atoms with Crippen molar-refractivity contribution in [3.05, 3.63) is 21.9 Å². The topological polar surface area (TPSA) is 26.0 Å². The molecule has 1 fully saturated rings. The van der Waals surface area contributed by atoms with Gasteiger partial charge in [-0.05, 0) is 37.8 Å². The summed E-state index contributed by atoms with van der Waals surface area (Å²) in [6.07, 6.45) is 9.67. The van der Waals surface area contributed by atoms with Crippen molar-refractivity contribution < 1.29 is 0 Å². The molecule has 1 saturated carbocycles. The van der Waals surface area contributed by atoms with Crippen LogP contribution in [0.4, 0.5) is 0 Å². The van der Waals surface area contributed by atoms with Crippen LogP contribution in [0.3, 0.4) is 0 Å². The van der Waals surface area contributed by atoms with E-state index < -0.39 is 0 Å². The summed E-state index contributed by atoms with van der Waals surface area (Å²) in [6, 6.07) is 4.71. The molecule has 1 nitrogen and oxygen atoms in total. The maximum Gasteiger partial charge on any atom is 0.0418 e. The highest BCUT2D eigenvalue weighted by Gasteiger charge is 2.21. The molecule has 2 heteroatoms. The first-order valence-corrected chi connectivity index (χ1v) is 7.41. The predicted molar refractivity (Wildman–Crippen MR) is 71.8 cm³/mol. The summed E-state index contributed by atoms with van der Waals surface area (Å²) in [5, 5.41) is 0. The molecule has 0 bridgehead atoms. The second-order valence-electron chi connectivity index (χ2n) is 5.08. The first kappa shape index (κ1) is 12.1. The van der Waals surface area contributed by atoms with Crippen LogP contribution < -0.4 is 5.73 Å². The highest BCUT2D eigenvalue weighted by atomic mass is 32.1. The Bertz CT molecular complexity index is 310. The van der Waals surface area contributed by atoms with Crippen molar-refractivity contribution in [2.24, 2.45) is 11.7 Å². The van der Waals surface area contributed by atoms with Gasteiger partial charge in [-0.2, -0.15) is 0 Å². The molecule has 1 atom stereocenters. The van der Waals surface area contributed by atoms with Crippen molar-refractivity contribution in [1.82, 2.24) is 0 Å². The van der Waals surface area contributed by atoms with E-state index in [1.807, 2.05) is 11.3 Å². The Hall–Kier alpha value is -0.340. The lowest BCUT2D eigenvalue weighted by atomic mass is 9.85. The maximum atomic E-state index is 6.41. The Balaban J connectivity index is 1.98. The number of hydrogen-bond acceptors (Lipinski definition) is 2. The number of nitrogens with two attached hydrogens (primary N) is 1. The summed E-state index contributed by atoms with van der Waals surface area (Å²) < 4.78 is 0. The molecular formula is C14H23NS. The van der Waals surface area contributed by atoms with Crippen LogP contribution in [0.2, 0.25) is 0 Å². The number of hydrogen-bond donors (Lipinski definition) is 1. The van der Waals surface area contributed by atoms with Crippen molar-refractivity contribution in [3.8, 4) is 0 Å². The molecule has 2 rings (SSSR count). The summed E-state index contributed by atoms with van der Waals surface area (Å²) in [7, 11) is 0. The van der Waals surface area contributed by atoms with E-state index in [-0.39, 0.29) is 6.04 Å². The molecule has 90 valence electrons. The Kier molecular flexibility index (Phi) is 4.42. The van der Waals surface area contributed by atoms with Crippen LogP contribution >= 0.6 is 11.3 Å². The fourth-order valence-electron chi connectivity index (χ4n) is 2.71. The van der Waals surface area contributed by atoms with E-state index in [2.05, 4.69) is 19.1 Å². The van der Waals surface area contributed by atoms with Gasteiger partial charge < -0.3 is 5.73 Å². The Labute approximate surface area is 103 Å². The van der Waals surface area contributed by atoms with Crippen molar-refractivity contribution in [3.63, 3.8) is 0 Å². The summed E-state index contributed by atoms with van der Waals surface area (Å²) >= 11 is 1.88. The van der Waals surface area contributed by atoms with Gasteiger partial charge in [0.15, 0.2) is 0 Å². The predicted octanol–water partition coefficient (Wildman–Crippen LogP) is 4.42. The van der Waals surface area contributed by atoms with E-state index in [0.29, 0.717) is 0 Å². The lowest BCUT2D eigenvalue weighted by Gasteiger charge is -2.25. The van der Waals surface area contributed by atoms with Gasteiger partial charge in [-0.25, -0.2) is 0 Å². The van der Waals surface area contributed by atoms with E-state index in [0.717, 1.165) is 5.92 Å². The van der Waals surface area contributed by atoms with E-state index >= 15 is 0 Å². The van der Waals surface area contributed by atoms with Crippen molar-refractivity contribution in [2.45, 2.75) is 57.9 Å². The standard InChI is InChI=1S/C14H23NS/c1-11-9-10-13(16-11)14(15)12-7-5-3-2-4-6-8-12/h9-10,12,14H,2-8,15H2,1H3. The monoisotopic (exact) mass is 237 g/mol. The third-order valence-corrected chi connectivity index (χ3v) is 4.85. The molecule has 0 amide bonds. The van der Waals surface area contributed by atoms with Crippen molar-refractivity contribution in [1.29, 1.82) is 0 Å².